The molecule has 5 heteroatoms. The van der Waals surface area contributed by atoms with Crippen molar-refractivity contribution in [2.24, 2.45) is 0 Å². The predicted molar refractivity (Wildman–Crippen MR) is 104 cm³/mol. The Kier molecular flexibility index (Phi) is 4.02. The van der Waals surface area contributed by atoms with E-state index < -0.39 is 0 Å². The number of anilines is 1. The van der Waals surface area contributed by atoms with Crippen LogP contribution in [0.2, 0.25) is 0 Å². The first-order valence-corrected chi connectivity index (χ1v) is 9.23. The summed E-state index contributed by atoms with van der Waals surface area (Å²) in [5.74, 6) is 0.495. The zero-order valence-electron chi connectivity index (χ0n) is 15.7. The Morgan fingerprint density at radius 2 is 2.04 bits per heavy atom. The molecular formula is C21H24N4O. The molecule has 134 valence electrons. The molecule has 0 saturated heterocycles. The first kappa shape index (κ1) is 16.8. The van der Waals surface area contributed by atoms with Crippen molar-refractivity contribution < 1.29 is 4.79 Å². The molecule has 2 aromatic heterocycles. The lowest BCUT2D eigenvalue weighted by Gasteiger charge is -2.33. The van der Waals surface area contributed by atoms with E-state index >= 15 is 0 Å². The van der Waals surface area contributed by atoms with Gasteiger partial charge in [0.15, 0.2) is 5.65 Å². The lowest BCUT2D eigenvalue weighted by Crippen LogP contribution is -2.36. The minimum absolute atomic E-state index is 0.0218. The average molecular weight is 348 g/mol. The number of carbonyl (C=O) groups is 1. The van der Waals surface area contributed by atoms with Gasteiger partial charge >= 0.3 is 0 Å². The van der Waals surface area contributed by atoms with Crippen molar-refractivity contribution in [1.29, 1.82) is 0 Å². The van der Waals surface area contributed by atoms with E-state index in [-0.39, 0.29) is 11.9 Å². The Morgan fingerprint density at radius 1 is 1.27 bits per heavy atom. The van der Waals surface area contributed by atoms with Crippen LogP contribution in [0.15, 0.2) is 36.5 Å². The molecule has 1 atom stereocenters. The number of carbonyl (C=O) groups excluding carboxylic acids is 1. The number of pyridine rings is 1. The van der Waals surface area contributed by atoms with Crippen LogP contribution in [0.5, 0.6) is 0 Å². The number of hydrogen-bond donors (Lipinski definition) is 0. The second-order valence-corrected chi connectivity index (χ2v) is 7.42. The van der Waals surface area contributed by atoms with Crippen molar-refractivity contribution in [1.82, 2.24) is 14.8 Å². The summed E-state index contributed by atoms with van der Waals surface area (Å²) >= 11 is 0. The van der Waals surface area contributed by atoms with E-state index in [0.717, 1.165) is 35.4 Å². The number of aryl methyl sites for hydroxylation is 1. The third-order valence-electron chi connectivity index (χ3n) is 5.27. The number of benzene rings is 1. The summed E-state index contributed by atoms with van der Waals surface area (Å²) in [6, 6.07) is 10.4. The van der Waals surface area contributed by atoms with E-state index in [2.05, 4.69) is 31.9 Å². The number of rotatable bonds is 2. The van der Waals surface area contributed by atoms with Crippen LogP contribution in [0.25, 0.3) is 11.0 Å². The molecular weight excluding hydrogens is 324 g/mol. The molecule has 0 fully saturated rings. The third kappa shape index (κ3) is 2.59. The first-order chi connectivity index (χ1) is 12.5. The normalized spacial score (nSPS) is 17.0. The number of fused-ring (bicyclic) bond motifs is 2. The van der Waals surface area contributed by atoms with Crippen LogP contribution in [-0.2, 0) is 0 Å². The quantitative estimate of drug-likeness (QED) is 0.686. The second-order valence-electron chi connectivity index (χ2n) is 7.42. The molecule has 0 N–H and O–H groups in total. The molecule has 26 heavy (non-hydrogen) atoms. The van der Waals surface area contributed by atoms with Crippen LogP contribution < -0.4 is 4.90 Å². The molecule has 1 aliphatic rings. The molecule has 3 aromatic rings. The summed E-state index contributed by atoms with van der Waals surface area (Å²) in [7, 11) is 0. The molecule has 1 aromatic carbocycles. The van der Waals surface area contributed by atoms with E-state index in [1.165, 1.54) is 5.56 Å². The van der Waals surface area contributed by atoms with Crippen LogP contribution in [-0.4, -0.2) is 27.2 Å². The van der Waals surface area contributed by atoms with Gasteiger partial charge in [0.1, 0.15) is 0 Å². The van der Waals surface area contributed by atoms with Gasteiger partial charge in [0.25, 0.3) is 5.91 Å². The molecule has 0 bridgehead atoms. The van der Waals surface area contributed by atoms with E-state index in [9.17, 15) is 4.79 Å². The topological polar surface area (TPSA) is 51.0 Å². The zero-order valence-corrected chi connectivity index (χ0v) is 15.7. The standard InChI is InChI=1S/C21H24N4O/c1-13(2)25-20-16(12-22-25)11-18(15(4)23-20)21(26)24-10-9-14(3)17-7-5-6-8-19(17)24/h5-8,11-14H,9-10H2,1-4H3/t14-/m0/s1. The number of aromatic nitrogens is 3. The lowest BCUT2D eigenvalue weighted by atomic mass is 9.91. The third-order valence-corrected chi connectivity index (χ3v) is 5.27. The highest BCUT2D eigenvalue weighted by atomic mass is 16.2. The number of nitrogens with zero attached hydrogens (tertiary/aromatic N) is 4. The van der Waals surface area contributed by atoms with Gasteiger partial charge in [-0.05, 0) is 50.8 Å². The van der Waals surface area contributed by atoms with Gasteiger partial charge < -0.3 is 4.90 Å². The Balaban J connectivity index is 1.78. The van der Waals surface area contributed by atoms with E-state index in [1.54, 1.807) is 6.20 Å². The fourth-order valence-corrected chi connectivity index (χ4v) is 3.77. The number of hydrogen-bond acceptors (Lipinski definition) is 3. The molecule has 0 unspecified atom stereocenters. The summed E-state index contributed by atoms with van der Waals surface area (Å²) in [6.45, 7) is 9.02. The predicted octanol–water partition coefficient (Wildman–Crippen LogP) is 4.47. The number of para-hydroxylation sites is 1. The molecule has 0 aliphatic carbocycles. The van der Waals surface area contributed by atoms with Gasteiger partial charge in [-0.1, -0.05) is 25.1 Å². The Bertz CT molecular complexity index is 989. The highest BCUT2D eigenvalue weighted by molar-refractivity contribution is 6.08. The Morgan fingerprint density at radius 3 is 2.81 bits per heavy atom. The van der Waals surface area contributed by atoms with Gasteiger partial charge in [-0.25, -0.2) is 9.67 Å². The average Bonchev–Trinajstić information content (AvgIpc) is 3.04. The molecule has 1 amide bonds. The van der Waals surface area contributed by atoms with Crippen molar-refractivity contribution in [3.8, 4) is 0 Å². The van der Waals surface area contributed by atoms with Gasteiger partial charge in [0, 0.05) is 23.7 Å². The maximum absolute atomic E-state index is 13.3. The molecule has 4 rings (SSSR count). The maximum atomic E-state index is 13.3. The summed E-state index contributed by atoms with van der Waals surface area (Å²) < 4.78 is 1.90. The molecule has 3 heterocycles. The van der Waals surface area contributed by atoms with Gasteiger partial charge in [-0.2, -0.15) is 5.10 Å². The van der Waals surface area contributed by atoms with Gasteiger partial charge in [-0.15, -0.1) is 0 Å². The Labute approximate surface area is 153 Å². The van der Waals surface area contributed by atoms with E-state index in [0.29, 0.717) is 11.5 Å². The van der Waals surface area contributed by atoms with Crippen molar-refractivity contribution in [2.75, 3.05) is 11.4 Å². The minimum atomic E-state index is 0.0218. The fraction of sp³-hybridized carbons (Fsp3) is 0.381. The SMILES string of the molecule is Cc1nc2c(cnn2C(C)C)cc1C(=O)N1CC[C@H](C)c2ccccc21. The van der Waals surface area contributed by atoms with Crippen LogP contribution in [0, 0.1) is 6.92 Å². The van der Waals surface area contributed by atoms with Crippen LogP contribution in [0.3, 0.4) is 0 Å². The maximum Gasteiger partial charge on any atom is 0.260 e. The summed E-state index contributed by atoms with van der Waals surface area (Å²) in [4.78, 5) is 19.9. The van der Waals surface area contributed by atoms with Gasteiger partial charge in [-0.3, -0.25) is 4.79 Å². The molecule has 0 spiro atoms. The van der Waals surface area contributed by atoms with Gasteiger partial charge in [0.2, 0.25) is 0 Å². The van der Waals surface area contributed by atoms with E-state index in [1.807, 2.05) is 40.8 Å². The van der Waals surface area contributed by atoms with Crippen molar-refractivity contribution in [2.45, 2.75) is 46.1 Å². The van der Waals surface area contributed by atoms with Crippen LogP contribution in [0.1, 0.15) is 60.8 Å². The highest BCUT2D eigenvalue weighted by Crippen LogP contribution is 2.35. The smallest absolute Gasteiger partial charge is 0.260 e. The first-order valence-electron chi connectivity index (χ1n) is 9.23. The summed E-state index contributed by atoms with van der Waals surface area (Å²) in [5, 5.41) is 5.33. The summed E-state index contributed by atoms with van der Waals surface area (Å²) in [5.41, 5.74) is 4.51. The van der Waals surface area contributed by atoms with Crippen LogP contribution >= 0.6 is 0 Å². The summed E-state index contributed by atoms with van der Waals surface area (Å²) in [6.07, 6.45) is 2.77. The number of amides is 1. The van der Waals surface area contributed by atoms with E-state index in [4.69, 9.17) is 4.98 Å². The second kappa shape index (κ2) is 6.24. The molecule has 0 radical (unpaired) electrons. The minimum Gasteiger partial charge on any atom is -0.308 e. The highest BCUT2D eigenvalue weighted by Gasteiger charge is 2.28. The fourth-order valence-electron chi connectivity index (χ4n) is 3.77. The lowest BCUT2D eigenvalue weighted by molar-refractivity contribution is 0.0983. The monoisotopic (exact) mass is 348 g/mol. The molecule has 1 aliphatic heterocycles. The zero-order chi connectivity index (χ0) is 18.4. The largest absolute Gasteiger partial charge is 0.308 e. The Hall–Kier alpha value is -2.69. The molecule has 0 saturated carbocycles. The van der Waals surface area contributed by atoms with Crippen molar-refractivity contribution >= 4 is 22.6 Å². The van der Waals surface area contributed by atoms with Crippen molar-refractivity contribution in [3.05, 3.63) is 53.3 Å². The van der Waals surface area contributed by atoms with Gasteiger partial charge in [0.05, 0.1) is 17.5 Å². The van der Waals surface area contributed by atoms with Crippen LogP contribution in [0.4, 0.5) is 5.69 Å². The molecule has 5 nitrogen and oxygen atoms in total. The van der Waals surface area contributed by atoms with Crippen molar-refractivity contribution in [3.63, 3.8) is 0 Å².